The highest BCUT2D eigenvalue weighted by Gasteiger charge is 2.34. The Labute approximate surface area is 264 Å². The number of benzene rings is 3. The van der Waals surface area contributed by atoms with E-state index < -0.39 is 28.5 Å². The number of hydrogen-bond acceptors (Lipinski definition) is 6. The lowest BCUT2D eigenvalue weighted by Crippen LogP contribution is -2.52. The summed E-state index contributed by atoms with van der Waals surface area (Å²) >= 11 is 7.59. The number of sulfonamides is 1. The van der Waals surface area contributed by atoms with E-state index in [1.807, 2.05) is 27.0 Å². The lowest BCUT2D eigenvalue weighted by atomic mass is 10.1. The SMILES string of the molecule is CCOc1ccccc1N(CC(=O)N(Cc1ccc(Cl)cc1)[C@H](CC)C(=O)NCC(C)C)S(=O)(=O)c1ccc(SC)cc1. The molecule has 0 saturated heterocycles. The second kappa shape index (κ2) is 16.0. The zero-order valence-electron chi connectivity index (χ0n) is 25.2. The fraction of sp³-hybridized carbons (Fsp3) is 0.375. The van der Waals surface area contributed by atoms with Crippen molar-refractivity contribution in [2.75, 3.05) is 30.3 Å². The molecular weight excluding hydrogens is 606 g/mol. The number of nitrogens with one attached hydrogen (secondary N) is 1. The van der Waals surface area contributed by atoms with Gasteiger partial charge in [0.05, 0.1) is 17.2 Å². The Hall–Kier alpha value is -3.21. The molecule has 2 amide bonds. The van der Waals surface area contributed by atoms with Crippen molar-refractivity contribution in [3.05, 3.63) is 83.4 Å². The van der Waals surface area contributed by atoms with E-state index in [2.05, 4.69) is 5.32 Å². The van der Waals surface area contributed by atoms with E-state index in [1.54, 1.807) is 67.6 Å². The van der Waals surface area contributed by atoms with E-state index in [1.165, 1.54) is 28.8 Å². The van der Waals surface area contributed by atoms with Crippen molar-refractivity contribution in [3.8, 4) is 5.75 Å². The Morgan fingerprint density at radius 3 is 2.21 bits per heavy atom. The molecule has 1 N–H and O–H groups in total. The third kappa shape index (κ3) is 9.14. The van der Waals surface area contributed by atoms with Crippen LogP contribution in [0.15, 0.2) is 82.6 Å². The molecule has 0 saturated carbocycles. The van der Waals surface area contributed by atoms with Gasteiger partial charge in [-0.05, 0) is 79.6 Å². The van der Waals surface area contributed by atoms with Crippen molar-refractivity contribution >= 4 is 50.9 Å². The predicted molar refractivity (Wildman–Crippen MR) is 174 cm³/mol. The maximum atomic E-state index is 14.3. The van der Waals surface area contributed by atoms with E-state index in [9.17, 15) is 18.0 Å². The number of para-hydroxylation sites is 2. The van der Waals surface area contributed by atoms with Crippen LogP contribution in [0.4, 0.5) is 5.69 Å². The minimum absolute atomic E-state index is 0.0374. The van der Waals surface area contributed by atoms with Crippen molar-refractivity contribution in [3.63, 3.8) is 0 Å². The van der Waals surface area contributed by atoms with Crippen molar-refractivity contribution in [2.24, 2.45) is 5.92 Å². The highest BCUT2D eigenvalue weighted by molar-refractivity contribution is 7.98. The fourth-order valence-electron chi connectivity index (χ4n) is 4.46. The summed E-state index contributed by atoms with van der Waals surface area (Å²) < 4.78 is 35.2. The summed E-state index contributed by atoms with van der Waals surface area (Å²) in [7, 11) is -4.22. The van der Waals surface area contributed by atoms with Gasteiger partial charge in [0.15, 0.2) is 0 Å². The molecule has 232 valence electrons. The van der Waals surface area contributed by atoms with Gasteiger partial charge in [-0.1, -0.05) is 56.6 Å². The van der Waals surface area contributed by atoms with Crippen LogP contribution in [-0.4, -0.2) is 57.1 Å². The molecule has 8 nitrogen and oxygen atoms in total. The number of ether oxygens (including phenoxy) is 1. The summed E-state index contributed by atoms with van der Waals surface area (Å²) in [6.45, 7) is 7.91. The second-order valence-electron chi connectivity index (χ2n) is 10.3. The first-order valence-electron chi connectivity index (χ1n) is 14.2. The molecular formula is C32H40ClN3O5S2. The molecule has 0 aromatic heterocycles. The van der Waals surface area contributed by atoms with Gasteiger partial charge < -0.3 is 15.0 Å². The molecule has 0 aliphatic rings. The lowest BCUT2D eigenvalue weighted by molar-refractivity contribution is -0.140. The molecule has 0 aliphatic heterocycles. The number of carbonyl (C=O) groups is 2. The summed E-state index contributed by atoms with van der Waals surface area (Å²) in [5.74, 6) is -0.282. The third-order valence-electron chi connectivity index (χ3n) is 6.70. The maximum Gasteiger partial charge on any atom is 0.264 e. The standard InChI is InChI=1S/C32H40ClN3O5S2/c1-6-28(32(38)34-20-23(3)4)35(21-24-12-14-25(33)15-13-24)31(37)22-36(29-10-8-9-11-30(29)41-7-2)43(39,40)27-18-16-26(42-5)17-19-27/h8-19,23,28H,6-7,20-22H2,1-5H3,(H,34,38)/t28-/m1/s1. The van der Waals surface area contributed by atoms with Gasteiger partial charge in [0, 0.05) is 23.0 Å². The first-order valence-corrected chi connectivity index (χ1v) is 17.3. The molecule has 1 atom stereocenters. The molecule has 0 unspecified atom stereocenters. The van der Waals surface area contributed by atoms with E-state index in [0.29, 0.717) is 30.3 Å². The van der Waals surface area contributed by atoms with Crippen molar-refractivity contribution in [1.29, 1.82) is 0 Å². The number of halogens is 1. The molecule has 0 heterocycles. The quantitative estimate of drug-likeness (QED) is 0.197. The molecule has 3 rings (SSSR count). The van der Waals surface area contributed by atoms with E-state index in [-0.39, 0.29) is 29.0 Å². The summed E-state index contributed by atoms with van der Waals surface area (Å²) in [6, 6.07) is 19.4. The molecule has 0 radical (unpaired) electrons. The van der Waals surface area contributed by atoms with Crippen molar-refractivity contribution < 1.29 is 22.7 Å². The monoisotopic (exact) mass is 645 g/mol. The zero-order chi connectivity index (χ0) is 31.6. The molecule has 0 spiro atoms. The predicted octanol–water partition coefficient (Wildman–Crippen LogP) is 6.24. The van der Waals surface area contributed by atoms with Crippen LogP contribution in [0.2, 0.25) is 5.02 Å². The van der Waals surface area contributed by atoms with Crippen LogP contribution in [0.5, 0.6) is 5.75 Å². The Morgan fingerprint density at radius 1 is 0.977 bits per heavy atom. The third-order valence-corrected chi connectivity index (χ3v) is 9.47. The van der Waals surface area contributed by atoms with Gasteiger partial charge in [-0.2, -0.15) is 0 Å². The average Bonchev–Trinajstić information content (AvgIpc) is 3.00. The number of rotatable bonds is 15. The largest absolute Gasteiger partial charge is 0.492 e. The van der Waals surface area contributed by atoms with Gasteiger partial charge in [0.1, 0.15) is 18.3 Å². The van der Waals surface area contributed by atoms with Crippen molar-refractivity contribution in [2.45, 2.75) is 56.5 Å². The van der Waals surface area contributed by atoms with Crippen LogP contribution in [0.1, 0.15) is 39.7 Å². The number of thioether (sulfide) groups is 1. The highest BCUT2D eigenvalue weighted by atomic mass is 35.5. The van der Waals surface area contributed by atoms with Crippen LogP contribution in [0.25, 0.3) is 0 Å². The van der Waals surface area contributed by atoms with Crippen LogP contribution in [-0.2, 0) is 26.2 Å². The van der Waals surface area contributed by atoms with Crippen LogP contribution in [0.3, 0.4) is 0 Å². The number of carbonyl (C=O) groups excluding carboxylic acids is 2. The fourth-order valence-corrected chi connectivity index (χ4v) is 6.42. The molecule has 3 aromatic rings. The summed E-state index contributed by atoms with van der Waals surface area (Å²) in [5.41, 5.74) is 0.986. The van der Waals surface area contributed by atoms with Crippen LogP contribution in [0, 0.1) is 5.92 Å². The Balaban J connectivity index is 2.09. The maximum absolute atomic E-state index is 14.3. The van der Waals surface area contributed by atoms with Gasteiger partial charge in [0.2, 0.25) is 11.8 Å². The molecule has 11 heteroatoms. The summed E-state index contributed by atoms with van der Waals surface area (Å²) in [6.07, 6.45) is 2.24. The molecule has 43 heavy (non-hydrogen) atoms. The molecule has 3 aromatic carbocycles. The second-order valence-corrected chi connectivity index (χ2v) is 13.5. The number of hydrogen-bond donors (Lipinski definition) is 1. The minimum atomic E-state index is -4.22. The van der Waals surface area contributed by atoms with Gasteiger partial charge >= 0.3 is 0 Å². The number of amides is 2. The van der Waals surface area contributed by atoms with E-state index in [4.69, 9.17) is 16.3 Å². The first kappa shape index (κ1) is 34.3. The van der Waals surface area contributed by atoms with Crippen LogP contribution < -0.4 is 14.4 Å². The summed E-state index contributed by atoms with van der Waals surface area (Å²) in [5, 5.41) is 3.48. The number of nitrogens with zero attached hydrogens (tertiary/aromatic N) is 2. The van der Waals surface area contributed by atoms with E-state index in [0.717, 1.165) is 14.8 Å². The van der Waals surface area contributed by atoms with Crippen molar-refractivity contribution in [1.82, 2.24) is 10.2 Å². The van der Waals surface area contributed by atoms with E-state index >= 15 is 0 Å². The minimum Gasteiger partial charge on any atom is -0.492 e. The first-order chi connectivity index (χ1) is 20.5. The smallest absolute Gasteiger partial charge is 0.264 e. The number of anilines is 1. The van der Waals surface area contributed by atoms with Gasteiger partial charge in [0.25, 0.3) is 10.0 Å². The highest BCUT2D eigenvalue weighted by Crippen LogP contribution is 2.33. The zero-order valence-corrected chi connectivity index (χ0v) is 27.6. The van der Waals surface area contributed by atoms with Crippen LogP contribution >= 0.6 is 23.4 Å². The van der Waals surface area contributed by atoms with Gasteiger partial charge in [-0.25, -0.2) is 8.42 Å². The molecule has 0 bridgehead atoms. The summed E-state index contributed by atoms with van der Waals surface area (Å²) in [4.78, 5) is 30.0. The van der Waals surface area contributed by atoms with Gasteiger partial charge in [-0.3, -0.25) is 13.9 Å². The average molecular weight is 646 g/mol. The topological polar surface area (TPSA) is 96.0 Å². The Bertz CT molecular complexity index is 1470. The normalized spacial score (nSPS) is 12.1. The van der Waals surface area contributed by atoms with Gasteiger partial charge in [-0.15, -0.1) is 11.8 Å². The lowest BCUT2D eigenvalue weighted by Gasteiger charge is -2.33. The molecule has 0 fully saturated rings. The Kier molecular flexibility index (Phi) is 12.8. The molecule has 0 aliphatic carbocycles. The Morgan fingerprint density at radius 2 is 1.63 bits per heavy atom.